The van der Waals surface area contributed by atoms with Crippen molar-refractivity contribution in [2.24, 2.45) is 0 Å². The van der Waals surface area contributed by atoms with Gasteiger partial charge in [-0.15, -0.1) is 0 Å². The van der Waals surface area contributed by atoms with Crippen LogP contribution in [0, 0.1) is 6.20 Å². The van der Waals surface area contributed by atoms with Crippen LogP contribution in [0.2, 0.25) is 0 Å². The van der Waals surface area contributed by atoms with Crippen molar-refractivity contribution >= 4 is 0 Å². The summed E-state index contributed by atoms with van der Waals surface area (Å²) in [7, 11) is 2.17. The van der Waals surface area contributed by atoms with Crippen molar-refractivity contribution in [1.82, 2.24) is 9.88 Å². The molecule has 0 unspecified atom stereocenters. The van der Waals surface area contributed by atoms with Crippen LogP contribution < -0.4 is 0 Å². The molecule has 0 aromatic carbocycles. The van der Waals surface area contributed by atoms with Gasteiger partial charge >= 0.3 is 0 Å². The van der Waals surface area contributed by atoms with E-state index in [-0.39, 0.29) is 0 Å². The second kappa shape index (κ2) is 3.23. The molecule has 1 atom stereocenters. The zero-order chi connectivity index (χ0) is 8.39. The Labute approximate surface area is 73.2 Å². The van der Waals surface area contributed by atoms with Gasteiger partial charge in [0.2, 0.25) is 0 Å². The molecule has 1 aromatic heterocycles. The molecule has 12 heavy (non-hydrogen) atoms. The smallest absolute Gasteiger partial charge is 0.0886 e. The molecule has 1 aliphatic heterocycles. The lowest BCUT2D eigenvalue weighted by atomic mass is 10.1. The lowest BCUT2D eigenvalue weighted by Gasteiger charge is -2.18. The number of nitrogens with zero attached hydrogens (tertiary/aromatic N) is 2. The van der Waals surface area contributed by atoms with E-state index in [1.54, 1.807) is 0 Å². The maximum absolute atomic E-state index is 4.01. The van der Waals surface area contributed by atoms with Crippen molar-refractivity contribution in [2.45, 2.75) is 18.9 Å². The van der Waals surface area contributed by atoms with Crippen LogP contribution in [0.3, 0.4) is 0 Å². The minimum absolute atomic E-state index is 0.590. The summed E-state index contributed by atoms with van der Waals surface area (Å²) in [6, 6.07) is 4.59. The Balaban J connectivity index is 2.19. The number of hydrogen-bond donors (Lipinski definition) is 0. The SMILES string of the molecule is CN1CCC[C@H]1c1cc[c]nc1. The van der Waals surface area contributed by atoms with Crippen molar-refractivity contribution in [3.05, 3.63) is 30.1 Å². The van der Waals surface area contributed by atoms with E-state index in [9.17, 15) is 0 Å². The number of pyridine rings is 1. The molecule has 0 aliphatic carbocycles. The first-order valence-corrected chi connectivity index (χ1v) is 4.40. The van der Waals surface area contributed by atoms with Gasteiger partial charge in [0.25, 0.3) is 0 Å². The molecule has 2 rings (SSSR count). The molecule has 0 spiro atoms. The third-order valence-corrected chi connectivity index (χ3v) is 2.54. The molecular formula is C10H13N2. The first-order valence-electron chi connectivity index (χ1n) is 4.40. The second-order valence-electron chi connectivity index (χ2n) is 3.36. The van der Waals surface area contributed by atoms with Crippen molar-refractivity contribution in [3.8, 4) is 0 Å². The first kappa shape index (κ1) is 7.74. The van der Waals surface area contributed by atoms with E-state index in [0.29, 0.717) is 6.04 Å². The number of hydrogen-bond acceptors (Lipinski definition) is 2. The maximum atomic E-state index is 4.01. The molecule has 1 aromatic rings. The molecule has 0 bridgehead atoms. The summed E-state index contributed by atoms with van der Waals surface area (Å²) in [5.41, 5.74) is 1.33. The Hall–Kier alpha value is -0.890. The van der Waals surface area contributed by atoms with Gasteiger partial charge < -0.3 is 0 Å². The third-order valence-electron chi connectivity index (χ3n) is 2.54. The van der Waals surface area contributed by atoms with Gasteiger partial charge in [-0.1, -0.05) is 6.07 Å². The minimum atomic E-state index is 0.590. The molecule has 2 heteroatoms. The van der Waals surface area contributed by atoms with Crippen LogP contribution in [0.15, 0.2) is 18.3 Å². The van der Waals surface area contributed by atoms with Gasteiger partial charge in [-0.25, -0.2) is 0 Å². The van der Waals surface area contributed by atoms with Crippen LogP contribution in [0.4, 0.5) is 0 Å². The van der Waals surface area contributed by atoms with Gasteiger partial charge in [-0.05, 0) is 38.1 Å². The van der Waals surface area contributed by atoms with E-state index in [1.807, 2.05) is 12.3 Å². The molecule has 2 nitrogen and oxygen atoms in total. The fraction of sp³-hybridized carbons (Fsp3) is 0.500. The highest BCUT2D eigenvalue weighted by Crippen LogP contribution is 2.29. The van der Waals surface area contributed by atoms with Gasteiger partial charge in [-0.2, -0.15) is 0 Å². The molecule has 1 aliphatic rings. The summed E-state index contributed by atoms with van der Waals surface area (Å²) in [5, 5.41) is 0. The lowest BCUT2D eigenvalue weighted by molar-refractivity contribution is 0.317. The molecule has 0 saturated carbocycles. The van der Waals surface area contributed by atoms with Crippen LogP contribution in [0.25, 0.3) is 0 Å². The van der Waals surface area contributed by atoms with Gasteiger partial charge in [0, 0.05) is 12.2 Å². The standard InChI is InChI=1S/C10H13N2/c1-12-7-3-5-10(12)9-4-2-6-11-8-9/h2,4,8,10H,3,5,7H2,1H3/t10-/m0/s1. The Morgan fingerprint density at radius 3 is 3.17 bits per heavy atom. The molecule has 2 heterocycles. The largest absolute Gasteiger partial charge is 0.299 e. The van der Waals surface area contributed by atoms with Crippen molar-refractivity contribution < 1.29 is 0 Å². The summed E-state index contributed by atoms with van der Waals surface area (Å²) in [4.78, 5) is 6.40. The van der Waals surface area contributed by atoms with Crippen molar-refractivity contribution in [2.75, 3.05) is 13.6 Å². The van der Waals surface area contributed by atoms with E-state index in [4.69, 9.17) is 0 Å². The lowest BCUT2D eigenvalue weighted by Crippen LogP contribution is -2.17. The zero-order valence-corrected chi connectivity index (χ0v) is 7.33. The van der Waals surface area contributed by atoms with Crippen molar-refractivity contribution in [3.63, 3.8) is 0 Å². The molecule has 1 saturated heterocycles. The Morgan fingerprint density at radius 1 is 1.67 bits per heavy atom. The van der Waals surface area contributed by atoms with E-state index in [2.05, 4.69) is 29.2 Å². The first-order chi connectivity index (χ1) is 5.88. The summed E-state index contributed by atoms with van der Waals surface area (Å²) in [6.45, 7) is 1.21. The van der Waals surface area contributed by atoms with Gasteiger partial charge in [0.15, 0.2) is 0 Å². The summed E-state index contributed by atoms with van der Waals surface area (Å²) in [6.07, 6.45) is 7.30. The fourth-order valence-corrected chi connectivity index (χ4v) is 1.86. The molecule has 0 N–H and O–H groups in total. The number of aromatic nitrogens is 1. The third kappa shape index (κ3) is 1.34. The summed E-state index contributed by atoms with van der Waals surface area (Å²) >= 11 is 0. The fourth-order valence-electron chi connectivity index (χ4n) is 1.86. The average Bonchev–Trinajstić information content (AvgIpc) is 2.53. The normalized spacial score (nSPS) is 24.6. The van der Waals surface area contributed by atoms with Crippen LogP contribution in [-0.4, -0.2) is 23.5 Å². The Bertz CT molecular complexity index is 245. The zero-order valence-electron chi connectivity index (χ0n) is 7.33. The van der Waals surface area contributed by atoms with Crippen LogP contribution >= 0.6 is 0 Å². The average molecular weight is 161 g/mol. The number of rotatable bonds is 1. The highest BCUT2D eigenvalue weighted by molar-refractivity contribution is 5.14. The molecule has 1 radical (unpaired) electrons. The van der Waals surface area contributed by atoms with Crippen LogP contribution in [0.1, 0.15) is 24.4 Å². The Kier molecular flexibility index (Phi) is 2.09. The molecule has 63 valence electrons. The minimum Gasteiger partial charge on any atom is -0.299 e. The van der Waals surface area contributed by atoms with Gasteiger partial charge in [-0.3, -0.25) is 9.88 Å². The predicted octanol–water partition coefficient (Wildman–Crippen LogP) is 1.65. The molecular weight excluding hydrogens is 148 g/mol. The topological polar surface area (TPSA) is 16.1 Å². The van der Waals surface area contributed by atoms with Gasteiger partial charge in [0.1, 0.15) is 0 Å². The molecule has 0 amide bonds. The predicted molar refractivity (Wildman–Crippen MR) is 47.7 cm³/mol. The van der Waals surface area contributed by atoms with Crippen LogP contribution in [0.5, 0.6) is 0 Å². The number of likely N-dealkylation sites (tertiary alicyclic amines) is 1. The quantitative estimate of drug-likeness (QED) is 0.622. The van der Waals surface area contributed by atoms with Crippen LogP contribution in [-0.2, 0) is 0 Å². The van der Waals surface area contributed by atoms with Crippen molar-refractivity contribution in [1.29, 1.82) is 0 Å². The second-order valence-corrected chi connectivity index (χ2v) is 3.36. The van der Waals surface area contributed by atoms with E-state index < -0.39 is 0 Å². The van der Waals surface area contributed by atoms with E-state index >= 15 is 0 Å². The highest BCUT2D eigenvalue weighted by atomic mass is 15.1. The summed E-state index contributed by atoms with van der Waals surface area (Å²) < 4.78 is 0. The monoisotopic (exact) mass is 161 g/mol. The summed E-state index contributed by atoms with van der Waals surface area (Å²) in [5.74, 6) is 0. The maximum Gasteiger partial charge on any atom is 0.0886 e. The van der Waals surface area contributed by atoms with E-state index in [1.165, 1.54) is 24.9 Å². The molecule has 1 fully saturated rings. The van der Waals surface area contributed by atoms with Gasteiger partial charge in [0.05, 0.1) is 6.20 Å². The highest BCUT2D eigenvalue weighted by Gasteiger charge is 2.21. The van der Waals surface area contributed by atoms with E-state index in [0.717, 1.165) is 0 Å². The Morgan fingerprint density at radius 2 is 2.58 bits per heavy atom.